The van der Waals surface area contributed by atoms with Gasteiger partial charge in [-0.3, -0.25) is 14.9 Å². The zero-order chi connectivity index (χ0) is 14.7. The van der Waals surface area contributed by atoms with Gasteiger partial charge in [0, 0.05) is 11.6 Å². The molecular weight excluding hydrogens is 282 g/mol. The second-order valence-electron chi connectivity index (χ2n) is 4.06. The first-order chi connectivity index (χ1) is 9.47. The van der Waals surface area contributed by atoms with Gasteiger partial charge >= 0.3 is 0 Å². The molecule has 6 heteroatoms. The van der Waals surface area contributed by atoms with Crippen LogP contribution in [0.3, 0.4) is 0 Å². The number of ether oxygens (including phenoxy) is 1. The Morgan fingerprint density at radius 2 is 2.00 bits per heavy atom. The molecule has 0 aliphatic carbocycles. The summed E-state index contributed by atoms with van der Waals surface area (Å²) in [5.41, 5.74) is 0.403. The van der Waals surface area contributed by atoms with Crippen LogP contribution >= 0.6 is 11.6 Å². The highest BCUT2D eigenvalue weighted by atomic mass is 35.5. The summed E-state index contributed by atoms with van der Waals surface area (Å²) < 4.78 is 5.49. The minimum absolute atomic E-state index is 0.0704. The van der Waals surface area contributed by atoms with E-state index < -0.39 is 4.92 Å². The zero-order valence-corrected chi connectivity index (χ0v) is 11.3. The Bertz CT molecular complexity index is 685. The summed E-state index contributed by atoms with van der Waals surface area (Å²) >= 11 is 6.01. The quantitative estimate of drug-likeness (QED) is 0.480. The second kappa shape index (κ2) is 5.71. The molecule has 0 heterocycles. The van der Waals surface area contributed by atoms with Crippen molar-refractivity contribution in [2.75, 3.05) is 0 Å². The number of nitro benzene ring substituents is 1. The highest BCUT2D eigenvalue weighted by molar-refractivity contribution is 6.32. The van der Waals surface area contributed by atoms with Gasteiger partial charge in [-0.2, -0.15) is 0 Å². The molecule has 0 unspecified atom stereocenters. The first kappa shape index (κ1) is 14.0. The lowest BCUT2D eigenvalue weighted by Gasteiger charge is -2.08. The van der Waals surface area contributed by atoms with Crippen molar-refractivity contribution in [1.29, 1.82) is 0 Å². The number of nitrogens with zero attached hydrogens (tertiary/aromatic N) is 1. The average Bonchev–Trinajstić information content (AvgIpc) is 2.41. The van der Waals surface area contributed by atoms with Crippen LogP contribution in [0, 0.1) is 10.1 Å². The number of hydrogen-bond donors (Lipinski definition) is 0. The molecule has 102 valence electrons. The number of halogens is 1. The summed E-state index contributed by atoms with van der Waals surface area (Å²) in [5.74, 6) is 0.530. The monoisotopic (exact) mass is 291 g/mol. The van der Waals surface area contributed by atoms with Crippen LogP contribution in [-0.4, -0.2) is 10.7 Å². The molecule has 2 aromatic carbocycles. The van der Waals surface area contributed by atoms with Gasteiger partial charge in [-0.05, 0) is 31.2 Å². The SMILES string of the molecule is CC(=O)c1ccc(Oc2cccc([N+](=O)[O-])c2)c(Cl)c1. The first-order valence-electron chi connectivity index (χ1n) is 5.70. The molecule has 0 saturated carbocycles. The normalized spacial score (nSPS) is 10.1. The van der Waals surface area contributed by atoms with Gasteiger partial charge in [0.15, 0.2) is 5.78 Å². The van der Waals surface area contributed by atoms with Crippen molar-refractivity contribution in [2.24, 2.45) is 0 Å². The van der Waals surface area contributed by atoms with E-state index in [1.807, 2.05) is 0 Å². The third-order valence-electron chi connectivity index (χ3n) is 2.59. The third kappa shape index (κ3) is 3.13. The van der Waals surface area contributed by atoms with E-state index in [9.17, 15) is 14.9 Å². The predicted octanol–water partition coefficient (Wildman–Crippen LogP) is 4.24. The van der Waals surface area contributed by atoms with E-state index in [0.717, 1.165) is 0 Å². The molecule has 0 radical (unpaired) electrons. The maximum atomic E-state index is 11.2. The number of ketones is 1. The van der Waals surface area contributed by atoms with E-state index in [1.54, 1.807) is 18.2 Å². The molecule has 0 bridgehead atoms. The Morgan fingerprint density at radius 1 is 1.25 bits per heavy atom. The van der Waals surface area contributed by atoms with E-state index in [-0.39, 0.29) is 16.5 Å². The molecule has 2 rings (SSSR count). The van der Waals surface area contributed by atoms with Crippen LogP contribution in [0.25, 0.3) is 0 Å². The van der Waals surface area contributed by atoms with Gasteiger partial charge in [-0.15, -0.1) is 0 Å². The molecule has 20 heavy (non-hydrogen) atoms. The summed E-state index contributed by atoms with van der Waals surface area (Å²) in [5, 5.41) is 10.9. The largest absolute Gasteiger partial charge is 0.456 e. The van der Waals surface area contributed by atoms with Gasteiger partial charge in [0.1, 0.15) is 11.5 Å². The molecule has 0 amide bonds. The van der Waals surface area contributed by atoms with Crippen LogP contribution in [0.2, 0.25) is 5.02 Å². The van der Waals surface area contributed by atoms with Gasteiger partial charge in [0.25, 0.3) is 5.69 Å². The summed E-state index contributed by atoms with van der Waals surface area (Å²) in [4.78, 5) is 21.4. The fourth-order valence-corrected chi connectivity index (χ4v) is 1.81. The molecule has 0 fully saturated rings. The number of carbonyl (C=O) groups is 1. The van der Waals surface area contributed by atoms with Crippen LogP contribution in [0.15, 0.2) is 42.5 Å². The number of rotatable bonds is 4. The lowest BCUT2D eigenvalue weighted by Crippen LogP contribution is -1.93. The Kier molecular flexibility index (Phi) is 4.00. The first-order valence-corrected chi connectivity index (χ1v) is 6.08. The van der Waals surface area contributed by atoms with Gasteiger partial charge in [-0.1, -0.05) is 17.7 Å². The van der Waals surface area contributed by atoms with E-state index in [0.29, 0.717) is 17.1 Å². The van der Waals surface area contributed by atoms with Crippen molar-refractivity contribution in [1.82, 2.24) is 0 Å². The van der Waals surface area contributed by atoms with Crippen LogP contribution in [-0.2, 0) is 0 Å². The third-order valence-corrected chi connectivity index (χ3v) is 2.89. The van der Waals surface area contributed by atoms with E-state index in [2.05, 4.69) is 0 Å². The van der Waals surface area contributed by atoms with Crippen molar-refractivity contribution in [3.8, 4) is 11.5 Å². The van der Waals surface area contributed by atoms with Crippen LogP contribution in [0.5, 0.6) is 11.5 Å². The minimum atomic E-state index is -0.507. The molecule has 0 saturated heterocycles. The molecule has 0 aliphatic rings. The number of benzene rings is 2. The smallest absolute Gasteiger partial charge is 0.273 e. The minimum Gasteiger partial charge on any atom is -0.456 e. The maximum Gasteiger partial charge on any atom is 0.273 e. The Balaban J connectivity index is 2.28. The molecule has 5 nitrogen and oxygen atoms in total. The lowest BCUT2D eigenvalue weighted by molar-refractivity contribution is -0.384. The standard InChI is InChI=1S/C14H10ClNO4/c1-9(17)10-5-6-14(13(15)7-10)20-12-4-2-3-11(8-12)16(18)19/h2-8H,1H3. The molecule has 0 N–H and O–H groups in total. The zero-order valence-electron chi connectivity index (χ0n) is 10.5. The van der Waals surface area contributed by atoms with Crippen molar-refractivity contribution in [3.63, 3.8) is 0 Å². The topological polar surface area (TPSA) is 69.4 Å². The second-order valence-corrected chi connectivity index (χ2v) is 4.47. The van der Waals surface area contributed by atoms with Gasteiger partial charge in [0.2, 0.25) is 0 Å². The highest BCUT2D eigenvalue weighted by Crippen LogP contribution is 2.31. The molecule has 0 atom stereocenters. The van der Waals surface area contributed by atoms with E-state index in [4.69, 9.17) is 16.3 Å². The highest BCUT2D eigenvalue weighted by Gasteiger charge is 2.10. The number of nitro groups is 1. The summed E-state index contributed by atoms with van der Waals surface area (Å²) in [6.07, 6.45) is 0. The average molecular weight is 292 g/mol. The maximum absolute atomic E-state index is 11.2. The molecule has 0 aliphatic heterocycles. The van der Waals surface area contributed by atoms with E-state index >= 15 is 0 Å². The lowest BCUT2D eigenvalue weighted by atomic mass is 10.1. The Hall–Kier alpha value is -2.40. The fourth-order valence-electron chi connectivity index (χ4n) is 1.59. The number of non-ortho nitro benzene ring substituents is 1. The number of carbonyl (C=O) groups excluding carboxylic acids is 1. The van der Waals surface area contributed by atoms with E-state index in [1.165, 1.54) is 31.2 Å². The summed E-state index contributed by atoms with van der Waals surface area (Å²) in [7, 11) is 0. The van der Waals surface area contributed by atoms with Crippen molar-refractivity contribution in [3.05, 3.63) is 63.2 Å². The number of Topliss-reactive ketones (excluding diaryl/α,β-unsaturated/α-hetero) is 1. The van der Waals surface area contributed by atoms with Crippen LogP contribution in [0.1, 0.15) is 17.3 Å². The molecule has 0 spiro atoms. The van der Waals surface area contributed by atoms with Crippen molar-refractivity contribution in [2.45, 2.75) is 6.92 Å². The summed E-state index contributed by atoms with van der Waals surface area (Å²) in [6.45, 7) is 1.44. The van der Waals surface area contributed by atoms with Gasteiger partial charge in [-0.25, -0.2) is 0 Å². The summed E-state index contributed by atoms with van der Waals surface area (Å²) in [6, 6.07) is 10.4. The van der Waals surface area contributed by atoms with Crippen LogP contribution < -0.4 is 4.74 Å². The van der Waals surface area contributed by atoms with Crippen LogP contribution in [0.4, 0.5) is 5.69 Å². The molecule has 0 aromatic heterocycles. The Labute approximate surface area is 119 Å². The van der Waals surface area contributed by atoms with Crippen molar-refractivity contribution < 1.29 is 14.5 Å². The Morgan fingerprint density at radius 3 is 2.60 bits per heavy atom. The molecular formula is C14H10ClNO4. The van der Waals surface area contributed by atoms with Gasteiger partial charge < -0.3 is 4.74 Å². The molecule has 2 aromatic rings. The predicted molar refractivity (Wildman–Crippen MR) is 74.6 cm³/mol. The van der Waals surface area contributed by atoms with Gasteiger partial charge in [0.05, 0.1) is 16.0 Å². The number of hydrogen-bond acceptors (Lipinski definition) is 4. The fraction of sp³-hybridized carbons (Fsp3) is 0.0714. The van der Waals surface area contributed by atoms with Crippen molar-refractivity contribution >= 4 is 23.1 Å².